The fraction of sp³-hybridized carbons (Fsp3) is 0.182. The van der Waals surface area contributed by atoms with Crippen LogP contribution in [0, 0.1) is 0 Å². The van der Waals surface area contributed by atoms with Gasteiger partial charge in [-0.25, -0.2) is 0 Å². The minimum absolute atomic E-state index is 0.0189. The molecule has 1 aromatic heterocycles. The zero-order valence-electron chi connectivity index (χ0n) is 9.85. The van der Waals surface area contributed by atoms with Crippen LogP contribution in [-0.4, -0.2) is 29.2 Å². The summed E-state index contributed by atoms with van der Waals surface area (Å²) in [5, 5.41) is 0.0189. The number of ether oxygens (including phenoxy) is 2. The van der Waals surface area contributed by atoms with Crippen LogP contribution < -0.4 is 15.2 Å². The summed E-state index contributed by atoms with van der Waals surface area (Å²) in [5.41, 5.74) is 6.13. The van der Waals surface area contributed by atoms with Gasteiger partial charge >= 0.3 is 0 Å². The van der Waals surface area contributed by atoms with Gasteiger partial charge in [0.25, 0.3) is 0 Å². The van der Waals surface area contributed by atoms with Gasteiger partial charge in [0.05, 0.1) is 14.2 Å². The van der Waals surface area contributed by atoms with Gasteiger partial charge in [-0.1, -0.05) is 6.07 Å². The highest BCUT2D eigenvalue weighted by molar-refractivity contribution is 6.28. The van der Waals surface area contributed by atoms with Gasteiger partial charge in [-0.2, -0.15) is 15.0 Å². The number of rotatable bonds is 3. The number of hydrogen-bond donors (Lipinski definition) is 1. The number of benzene rings is 1. The van der Waals surface area contributed by atoms with E-state index in [0.717, 1.165) is 0 Å². The molecule has 1 aromatic carbocycles. The summed E-state index contributed by atoms with van der Waals surface area (Å²) in [5.74, 6) is 1.48. The third kappa shape index (κ3) is 2.28. The molecule has 94 valence electrons. The van der Waals surface area contributed by atoms with Gasteiger partial charge in [0, 0.05) is 0 Å². The van der Waals surface area contributed by atoms with Crippen LogP contribution in [0.5, 0.6) is 11.5 Å². The van der Waals surface area contributed by atoms with E-state index in [-0.39, 0.29) is 11.2 Å². The van der Waals surface area contributed by atoms with Crippen LogP contribution in [0.1, 0.15) is 0 Å². The number of nitrogens with two attached hydrogens (primary N) is 1. The molecule has 2 rings (SSSR count). The summed E-state index contributed by atoms with van der Waals surface area (Å²) in [7, 11) is 3.09. The second-order valence-electron chi connectivity index (χ2n) is 3.32. The number of nitrogen functional groups attached to an aromatic ring is 1. The fourth-order valence-electron chi connectivity index (χ4n) is 1.55. The van der Waals surface area contributed by atoms with Crippen LogP contribution in [0.3, 0.4) is 0 Å². The van der Waals surface area contributed by atoms with Gasteiger partial charge in [-0.15, -0.1) is 0 Å². The van der Waals surface area contributed by atoms with Crippen molar-refractivity contribution in [3.05, 3.63) is 23.5 Å². The Morgan fingerprint density at radius 2 is 1.67 bits per heavy atom. The average molecular weight is 267 g/mol. The van der Waals surface area contributed by atoms with E-state index in [0.29, 0.717) is 22.9 Å². The molecular weight excluding hydrogens is 256 g/mol. The van der Waals surface area contributed by atoms with Crippen molar-refractivity contribution in [3.8, 4) is 22.9 Å². The smallest absolute Gasteiger partial charge is 0.227 e. The summed E-state index contributed by atoms with van der Waals surface area (Å²) < 4.78 is 10.5. The lowest BCUT2D eigenvalue weighted by atomic mass is 10.1. The number of methoxy groups -OCH3 is 2. The van der Waals surface area contributed by atoms with E-state index in [1.807, 2.05) is 0 Å². The van der Waals surface area contributed by atoms with Crippen LogP contribution in [-0.2, 0) is 0 Å². The summed E-state index contributed by atoms with van der Waals surface area (Å²) in [4.78, 5) is 11.8. The standard InChI is InChI=1S/C11H11ClN4O2/c1-17-6-4-3-5-7(18-2)8(6)9-14-10(12)16-11(13)15-9/h3-5H,1-2H3,(H2,13,14,15,16). The topological polar surface area (TPSA) is 83.2 Å². The predicted molar refractivity (Wildman–Crippen MR) is 67.8 cm³/mol. The highest BCUT2D eigenvalue weighted by Crippen LogP contribution is 2.36. The molecule has 6 nitrogen and oxygen atoms in total. The third-order valence-electron chi connectivity index (χ3n) is 2.28. The van der Waals surface area contributed by atoms with E-state index in [1.54, 1.807) is 32.4 Å². The first kappa shape index (κ1) is 12.4. The SMILES string of the molecule is COc1cccc(OC)c1-c1nc(N)nc(Cl)n1. The van der Waals surface area contributed by atoms with Crippen LogP contribution in [0.4, 0.5) is 5.95 Å². The van der Waals surface area contributed by atoms with Crippen LogP contribution in [0.25, 0.3) is 11.4 Å². The molecule has 0 saturated carbocycles. The molecule has 0 atom stereocenters. The molecule has 0 saturated heterocycles. The second-order valence-corrected chi connectivity index (χ2v) is 3.66. The van der Waals surface area contributed by atoms with E-state index in [1.165, 1.54) is 0 Å². The molecule has 0 aliphatic heterocycles. The van der Waals surface area contributed by atoms with Crippen LogP contribution >= 0.6 is 11.6 Å². The minimum atomic E-state index is 0.0189. The van der Waals surface area contributed by atoms with Crippen LogP contribution in [0.15, 0.2) is 18.2 Å². The van der Waals surface area contributed by atoms with Gasteiger partial charge in [0.1, 0.15) is 17.1 Å². The Kier molecular flexibility index (Phi) is 3.47. The predicted octanol–water partition coefficient (Wildman–Crippen LogP) is 1.79. The van der Waals surface area contributed by atoms with Crippen molar-refractivity contribution in [1.82, 2.24) is 15.0 Å². The van der Waals surface area contributed by atoms with Gasteiger partial charge < -0.3 is 15.2 Å². The molecule has 7 heteroatoms. The number of aromatic nitrogens is 3. The maximum absolute atomic E-state index is 5.77. The normalized spacial score (nSPS) is 10.2. The summed E-state index contributed by atoms with van der Waals surface area (Å²) >= 11 is 5.77. The summed E-state index contributed by atoms with van der Waals surface area (Å²) in [6.07, 6.45) is 0. The maximum Gasteiger partial charge on any atom is 0.227 e. The van der Waals surface area contributed by atoms with E-state index < -0.39 is 0 Å². The average Bonchev–Trinajstić information content (AvgIpc) is 2.36. The minimum Gasteiger partial charge on any atom is -0.496 e. The zero-order valence-corrected chi connectivity index (χ0v) is 10.6. The van der Waals surface area contributed by atoms with Gasteiger partial charge in [-0.05, 0) is 23.7 Å². The molecule has 0 radical (unpaired) electrons. The third-order valence-corrected chi connectivity index (χ3v) is 2.45. The number of halogens is 1. The van der Waals surface area contributed by atoms with E-state index in [9.17, 15) is 0 Å². The number of hydrogen-bond acceptors (Lipinski definition) is 6. The van der Waals surface area contributed by atoms with Crippen molar-refractivity contribution in [2.24, 2.45) is 0 Å². The lowest BCUT2D eigenvalue weighted by molar-refractivity contribution is 0.397. The van der Waals surface area contributed by atoms with Crippen LogP contribution in [0.2, 0.25) is 5.28 Å². The second kappa shape index (κ2) is 5.05. The Bertz CT molecular complexity index is 534. The monoisotopic (exact) mass is 266 g/mol. The van der Waals surface area contributed by atoms with Gasteiger partial charge in [0.15, 0.2) is 5.82 Å². The Balaban J connectivity index is 2.68. The first-order valence-corrected chi connectivity index (χ1v) is 5.42. The molecule has 0 aliphatic rings. The first-order chi connectivity index (χ1) is 8.65. The molecule has 0 amide bonds. The zero-order chi connectivity index (χ0) is 13.1. The van der Waals surface area contributed by atoms with Crippen molar-refractivity contribution in [3.63, 3.8) is 0 Å². The van der Waals surface area contributed by atoms with Crippen molar-refractivity contribution in [2.75, 3.05) is 20.0 Å². The summed E-state index contributed by atoms with van der Waals surface area (Å²) in [6, 6.07) is 5.34. The first-order valence-electron chi connectivity index (χ1n) is 5.04. The largest absolute Gasteiger partial charge is 0.496 e. The Labute approximate surface area is 109 Å². The lowest BCUT2D eigenvalue weighted by Crippen LogP contribution is -2.02. The highest BCUT2D eigenvalue weighted by atomic mass is 35.5. The number of anilines is 1. The van der Waals surface area contributed by atoms with E-state index in [2.05, 4.69) is 15.0 Å². The summed E-state index contributed by atoms with van der Waals surface area (Å²) in [6.45, 7) is 0. The molecule has 0 spiro atoms. The van der Waals surface area contributed by atoms with E-state index in [4.69, 9.17) is 26.8 Å². The van der Waals surface area contributed by atoms with Crippen molar-refractivity contribution in [2.45, 2.75) is 0 Å². The Morgan fingerprint density at radius 3 is 2.17 bits per heavy atom. The Morgan fingerprint density at radius 1 is 1.06 bits per heavy atom. The van der Waals surface area contributed by atoms with Gasteiger partial charge in [-0.3, -0.25) is 0 Å². The lowest BCUT2D eigenvalue weighted by Gasteiger charge is -2.11. The molecule has 0 aliphatic carbocycles. The van der Waals surface area contributed by atoms with Gasteiger partial charge in [0.2, 0.25) is 11.2 Å². The molecule has 2 aromatic rings. The van der Waals surface area contributed by atoms with Crippen molar-refractivity contribution >= 4 is 17.5 Å². The highest BCUT2D eigenvalue weighted by Gasteiger charge is 2.16. The van der Waals surface area contributed by atoms with Crippen molar-refractivity contribution in [1.29, 1.82) is 0 Å². The molecule has 2 N–H and O–H groups in total. The number of nitrogens with zero attached hydrogens (tertiary/aromatic N) is 3. The molecule has 0 unspecified atom stereocenters. The van der Waals surface area contributed by atoms with E-state index >= 15 is 0 Å². The quantitative estimate of drug-likeness (QED) is 0.912. The molecule has 0 bridgehead atoms. The molecule has 18 heavy (non-hydrogen) atoms. The fourth-order valence-corrected chi connectivity index (χ4v) is 1.72. The molecule has 1 heterocycles. The maximum atomic E-state index is 5.77. The molecule has 0 fully saturated rings. The van der Waals surface area contributed by atoms with Crippen molar-refractivity contribution < 1.29 is 9.47 Å². The molecular formula is C11H11ClN4O2. The Hall–Kier alpha value is -2.08.